The van der Waals surface area contributed by atoms with Crippen LogP contribution in [0, 0.1) is 0 Å². The van der Waals surface area contributed by atoms with Crippen LogP contribution in [-0.4, -0.2) is 11.5 Å². The van der Waals surface area contributed by atoms with E-state index in [0.29, 0.717) is 0 Å². The fourth-order valence-corrected chi connectivity index (χ4v) is 3.03. The molecule has 0 N–H and O–H groups in total. The van der Waals surface area contributed by atoms with Crippen molar-refractivity contribution in [2.45, 2.75) is 25.0 Å². The number of thioether (sulfide) groups is 1. The van der Waals surface area contributed by atoms with E-state index in [0.717, 1.165) is 16.0 Å². The molecule has 0 radical (unpaired) electrons. The van der Waals surface area contributed by atoms with Gasteiger partial charge in [0.1, 0.15) is 0 Å². The Hall–Kier alpha value is 0.340. The van der Waals surface area contributed by atoms with E-state index in [4.69, 9.17) is 11.6 Å². The highest BCUT2D eigenvalue weighted by atomic mass is 35.5. The quantitative estimate of drug-likeness (QED) is 0.737. The largest absolute Gasteiger partial charge is 0.162 e. The first-order valence-corrected chi connectivity index (χ1v) is 6.51. The molecule has 1 unspecified atom stereocenters. The van der Waals surface area contributed by atoms with Gasteiger partial charge in [-0.15, -0.1) is 11.3 Å². The maximum absolute atomic E-state index is 5.84. The molecule has 1 rings (SSSR count). The molecule has 3 heteroatoms. The topological polar surface area (TPSA) is 0 Å². The lowest BCUT2D eigenvalue weighted by molar-refractivity contribution is 0.827. The van der Waals surface area contributed by atoms with Crippen LogP contribution in [0.25, 0.3) is 0 Å². The molecule has 0 nitrogen and oxygen atoms in total. The third-order valence-electron chi connectivity index (χ3n) is 1.85. The van der Waals surface area contributed by atoms with Crippen molar-refractivity contribution in [3.63, 3.8) is 0 Å². The average molecular weight is 221 g/mol. The lowest BCUT2D eigenvalue weighted by Gasteiger charge is -2.08. The summed E-state index contributed by atoms with van der Waals surface area (Å²) in [6.07, 6.45) is 4.56. The van der Waals surface area contributed by atoms with Crippen LogP contribution in [0.5, 0.6) is 0 Å². The van der Waals surface area contributed by atoms with Crippen LogP contribution in [0.15, 0.2) is 12.1 Å². The smallest absolute Gasteiger partial charge is 0.0931 e. The van der Waals surface area contributed by atoms with Gasteiger partial charge in [0.25, 0.3) is 0 Å². The van der Waals surface area contributed by atoms with Crippen molar-refractivity contribution < 1.29 is 0 Å². The Morgan fingerprint density at radius 3 is 2.75 bits per heavy atom. The predicted molar refractivity (Wildman–Crippen MR) is 60.6 cm³/mol. The van der Waals surface area contributed by atoms with Gasteiger partial charge in [0.2, 0.25) is 0 Å². The average Bonchev–Trinajstić information content (AvgIpc) is 2.47. The molecule has 0 saturated carbocycles. The van der Waals surface area contributed by atoms with Gasteiger partial charge in [-0.05, 0) is 31.2 Å². The fraction of sp³-hybridized carbons (Fsp3) is 0.556. The second-order valence-electron chi connectivity index (χ2n) is 2.68. The van der Waals surface area contributed by atoms with Crippen LogP contribution in [0.3, 0.4) is 0 Å². The third kappa shape index (κ3) is 3.00. The van der Waals surface area contributed by atoms with E-state index in [-0.39, 0.29) is 0 Å². The van der Waals surface area contributed by atoms with Crippen molar-refractivity contribution in [2.75, 3.05) is 6.26 Å². The summed E-state index contributed by atoms with van der Waals surface area (Å²) in [5.74, 6) is 0. The van der Waals surface area contributed by atoms with Gasteiger partial charge in [0, 0.05) is 10.1 Å². The Morgan fingerprint density at radius 2 is 2.33 bits per heavy atom. The molecule has 1 atom stereocenters. The molecule has 0 saturated heterocycles. The molecule has 0 aliphatic carbocycles. The number of thiophene rings is 1. The second kappa shape index (κ2) is 5.15. The van der Waals surface area contributed by atoms with E-state index in [1.54, 1.807) is 11.3 Å². The third-order valence-corrected chi connectivity index (χ3v) is 4.27. The first-order chi connectivity index (χ1) is 5.76. The zero-order valence-electron chi connectivity index (χ0n) is 7.34. The first-order valence-electron chi connectivity index (χ1n) is 4.03. The summed E-state index contributed by atoms with van der Waals surface area (Å²) in [6, 6.07) is 4.11. The molecule has 68 valence electrons. The molecular weight excluding hydrogens is 208 g/mol. The van der Waals surface area contributed by atoms with Gasteiger partial charge in [0.15, 0.2) is 0 Å². The molecule has 0 aliphatic heterocycles. The maximum atomic E-state index is 5.84. The van der Waals surface area contributed by atoms with E-state index in [2.05, 4.69) is 19.2 Å². The van der Waals surface area contributed by atoms with Crippen LogP contribution in [0.2, 0.25) is 4.34 Å². The molecule has 12 heavy (non-hydrogen) atoms. The predicted octanol–water partition coefficient (Wildman–Crippen LogP) is 4.09. The van der Waals surface area contributed by atoms with Gasteiger partial charge in [-0.25, -0.2) is 0 Å². The highest BCUT2D eigenvalue weighted by Crippen LogP contribution is 2.25. The summed E-state index contributed by atoms with van der Waals surface area (Å²) in [4.78, 5) is 1.40. The lowest BCUT2D eigenvalue weighted by Crippen LogP contribution is -2.02. The van der Waals surface area contributed by atoms with Gasteiger partial charge >= 0.3 is 0 Å². The summed E-state index contributed by atoms with van der Waals surface area (Å²) in [7, 11) is 0. The van der Waals surface area contributed by atoms with Crippen LogP contribution in [0.1, 0.15) is 18.2 Å². The molecule has 1 aromatic heterocycles. The maximum Gasteiger partial charge on any atom is 0.0931 e. The Labute approximate surface area is 87.3 Å². The summed E-state index contributed by atoms with van der Waals surface area (Å²) in [5, 5.41) is 0.750. The van der Waals surface area contributed by atoms with Crippen LogP contribution < -0.4 is 0 Å². The van der Waals surface area contributed by atoms with Gasteiger partial charge in [-0.2, -0.15) is 11.8 Å². The molecule has 0 fully saturated rings. The fourth-order valence-electron chi connectivity index (χ4n) is 1.08. The number of hydrogen-bond acceptors (Lipinski definition) is 2. The molecule has 1 aromatic rings. The summed E-state index contributed by atoms with van der Waals surface area (Å²) >= 11 is 9.48. The standard InChI is InChI=1S/C9H13ClS2/c1-3-7(11-2)6-8-4-5-9(10)12-8/h4-5,7H,3,6H2,1-2H3. The van der Waals surface area contributed by atoms with E-state index in [9.17, 15) is 0 Å². The van der Waals surface area contributed by atoms with Crippen molar-refractivity contribution in [2.24, 2.45) is 0 Å². The second-order valence-corrected chi connectivity index (χ2v) is 5.61. The van der Waals surface area contributed by atoms with E-state index in [1.165, 1.54) is 11.3 Å². The van der Waals surface area contributed by atoms with Crippen LogP contribution in [0.4, 0.5) is 0 Å². The van der Waals surface area contributed by atoms with E-state index in [1.807, 2.05) is 17.8 Å². The zero-order valence-corrected chi connectivity index (χ0v) is 9.73. The minimum absolute atomic E-state index is 0.750. The summed E-state index contributed by atoms with van der Waals surface area (Å²) in [6.45, 7) is 2.23. The zero-order chi connectivity index (χ0) is 8.97. The van der Waals surface area contributed by atoms with Crippen molar-refractivity contribution in [1.29, 1.82) is 0 Å². The van der Waals surface area contributed by atoms with E-state index >= 15 is 0 Å². The molecular formula is C9H13ClS2. The lowest BCUT2D eigenvalue weighted by atomic mass is 10.2. The monoisotopic (exact) mass is 220 g/mol. The Kier molecular flexibility index (Phi) is 4.47. The van der Waals surface area contributed by atoms with Gasteiger partial charge in [-0.3, -0.25) is 0 Å². The molecule has 0 amide bonds. The van der Waals surface area contributed by atoms with Gasteiger partial charge in [0.05, 0.1) is 4.34 Å². The molecule has 0 aromatic carbocycles. The Bertz CT molecular complexity index is 228. The summed E-state index contributed by atoms with van der Waals surface area (Å²) < 4.78 is 0.904. The highest BCUT2D eigenvalue weighted by Gasteiger charge is 2.06. The van der Waals surface area contributed by atoms with Gasteiger partial charge in [-0.1, -0.05) is 18.5 Å². The van der Waals surface area contributed by atoms with Crippen molar-refractivity contribution in [3.8, 4) is 0 Å². The molecule has 1 heterocycles. The summed E-state index contributed by atoms with van der Waals surface area (Å²) in [5.41, 5.74) is 0. The van der Waals surface area contributed by atoms with Crippen molar-refractivity contribution in [3.05, 3.63) is 21.3 Å². The van der Waals surface area contributed by atoms with Crippen LogP contribution in [-0.2, 0) is 6.42 Å². The number of rotatable bonds is 4. The minimum Gasteiger partial charge on any atom is -0.162 e. The van der Waals surface area contributed by atoms with Crippen molar-refractivity contribution >= 4 is 34.7 Å². The molecule has 0 aliphatic rings. The molecule has 0 bridgehead atoms. The highest BCUT2D eigenvalue weighted by molar-refractivity contribution is 7.99. The molecule has 0 spiro atoms. The van der Waals surface area contributed by atoms with Gasteiger partial charge < -0.3 is 0 Å². The Balaban J connectivity index is 2.50. The number of hydrogen-bond donors (Lipinski definition) is 0. The van der Waals surface area contributed by atoms with Crippen LogP contribution >= 0.6 is 34.7 Å². The minimum atomic E-state index is 0.750. The first kappa shape index (κ1) is 10.4. The van der Waals surface area contributed by atoms with Crippen molar-refractivity contribution in [1.82, 2.24) is 0 Å². The Morgan fingerprint density at radius 1 is 1.58 bits per heavy atom. The SMILES string of the molecule is CCC(Cc1ccc(Cl)s1)SC. The number of halogens is 1. The normalized spacial score (nSPS) is 13.2. The van der Waals surface area contributed by atoms with E-state index < -0.39 is 0 Å².